The topological polar surface area (TPSA) is 25.8 Å². The maximum atomic E-state index is 5.04. The Morgan fingerprint density at radius 1 is 0.484 bits per heavy atom. The van der Waals surface area contributed by atoms with Gasteiger partial charge in [0.25, 0.3) is 0 Å². The predicted molar refractivity (Wildman–Crippen MR) is 131 cm³/mol. The van der Waals surface area contributed by atoms with E-state index in [0.717, 1.165) is 32.9 Å². The highest BCUT2D eigenvalue weighted by molar-refractivity contribution is 7.26. The Kier molecular flexibility index (Phi) is 4.33. The number of benzene rings is 4. The van der Waals surface area contributed by atoms with Crippen molar-refractivity contribution in [2.75, 3.05) is 0 Å². The molecule has 0 aliphatic carbocycles. The van der Waals surface area contributed by atoms with E-state index in [-0.39, 0.29) is 0 Å². The van der Waals surface area contributed by atoms with Crippen LogP contribution in [0.4, 0.5) is 0 Å². The third kappa shape index (κ3) is 3.20. The third-order valence-corrected chi connectivity index (χ3v) is 6.68. The fourth-order valence-corrected chi connectivity index (χ4v) is 5.11. The van der Waals surface area contributed by atoms with Gasteiger partial charge in [-0.1, -0.05) is 103 Å². The zero-order valence-corrected chi connectivity index (χ0v) is 17.5. The lowest BCUT2D eigenvalue weighted by molar-refractivity contribution is 1.24. The van der Waals surface area contributed by atoms with Crippen LogP contribution < -0.4 is 0 Å². The van der Waals surface area contributed by atoms with E-state index in [1.54, 1.807) is 11.3 Å². The number of hydrogen-bond donors (Lipinski definition) is 0. The van der Waals surface area contributed by atoms with Gasteiger partial charge in [0.15, 0.2) is 5.82 Å². The second kappa shape index (κ2) is 7.46. The Bertz CT molecular complexity index is 1500. The summed E-state index contributed by atoms with van der Waals surface area (Å²) >= 11 is 1.76. The average Bonchev–Trinajstić information content (AvgIpc) is 3.23. The average molecular weight is 415 g/mol. The van der Waals surface area contributed by atoms with Crippen LogP contribution in [0.1, 0.15) is 0 Å². The van der Waals surface area contributed by atoms with Crippen molar-refractivity contribution < 1.29 is 0 Å². The van der Waals surface area contributed by atoms with Crippen LogP contribution in [0.25, 0.3) is 54.1 Å². The minimum atomic E-state index is 0.763. The number of hydrogen-bond acceptors (Lipinski definition) is 3. The van der Waals surface area contributed by atoms with Gasteiger partial charge in [0.1, 0.15) is 0 Å². The molecule has 0 unspecified atom stereocenters. The van der Waals surface area contributed by atoms with E-state index >= 15 is 0 Å². The highest BCUT2D eigenvalue weighted by Gasteiger charge is 2.16. The first-order valence-corrected chi connectivity index (χ1v) is 11.1. The van der Waals surface area contributed by atoms with Crippen LogP contribution in [0, 0.1) is 0 Å². The molecule has 2 heterocycles. The molecular weight excluding hydrogens is 396 g/mol. The normalized spacial score (nSPS) is 11.2. The van der Waals surface area contributed by atoms with Gasteiger partial charge in [0.2, 0.25) is 0 Å². The van der Waals surface area contributed by atoms with Gasteiger partial charge in [-0.25, -0.2) is 9.97 Å². The number of thiophene rings is 1. The molecule has 0 N–H and O–H groups in total. The molecule has 0 saturated heterocycles. The molecule has 0 saturated carbocycles. The Labute approximate surface area is 184 Å². The van der Waals surface area contributed by atoms with Gasteiger partial charge in [-0.15, -0.1) is 11.3 Å². The van der Waals surface area contributed by atoms with E-state index in [1.165, 1.54) is 21.2 Å². The summed E-state index contributed by atoms with van der Waals surface area (Å²) in [5.74, 6) is 0.763. The zero-order valence-electron chi connectivity index (χ0n) is 16.7. The van der Waals surface area contributed by atoms with Gasteiger partial charge >= 0.3 is 0 Å². The van der Waals surface area contributed by atoms with Crippen LogP contribution >= 0.6 is 11.3 Å². The molecule has 31 heavy (non-hydrogen) atoms. The lowest BCUT2D eigenvalue weighted by atomic mass is 10.0. The second-order valence-corrected chi connectivity index (χ2v) is 8.53. The lowest BCUT2D eigenvalue weighted by Gasteiger charge is -2.08. The first kappa shape index (κ1) is 18.0. The van der Waals surface area contributed by atoms with E-state index in [0.29, 0.717) is 0 Å². The van der Waals surface area contributed by atoms with Crippen LogP contribution in [0.5, 0.6) is 0 Å². The van der Waals surface area contributed by atoms with Crippen LogP contribution in [-0.4, -0.2) is 9.97 Å². The van der Waals surface area contributed by atoms with Gasteiger partial charge in [0, 0.05) is 21.2 Å². The Hall–Kier alpha value is -3.82. The first-order valence-electron chi connectivity index (χ1n) is 10.3. The molecule has 6 aromatic rings. The highest BCUT2D eigenvalue weighted by Crippen LogP contribution is 2.39. The zero-order chi connectivity index (χ0) is 20.6. The van der Waals surface area contributed by atoms with Crippen molar-refractivity contribution in [3.05, 3.63) is 109 Å². The van der Waals surface area contributed by atoms with Gasteiger partial charge in [-0.05, 0) is 17.2 Å². The van der Waals surface area contributed by atoms with Gasteiger partial charge < -0.3 is 0 Å². The van der Waals surface area contributed by atoms with Crippen LogP contribution in [0.3, 0.4) is 0 Å². The highest BCUT2D eigenvalue weighted by atomic mass is 32.1. The first-order chi connectivity index (χ1) is 15.4. The van der Waals surface area contributed by atoms with Crippen molar-refractivity contribution in [3.8, 4) is 33.8 Å². The number of aromatic nitrogens is 2. The summed E-state index contributed by atoms with van der Waals surface area (Å²) in [5, 5.41) is 1.18. The predicted octanol–water partition coefficient (Wildman–Crippen LogP) is 7.85. The minimum absolute atomic E-state index is 0.763. The van der Waals surface area contributed by atoms with Crippen LogP contribution in [0.15, 0.2) is 109 Å². The van der Waals surface area contributed by atoms with E-state index in [9.17, 15) is 0 Å². The molecule has 0 aliphatic heterocycles. The largest absolute Gasteiger partial charge is 0.226 e. The van der Waals surface area contributed by atoms with Crippen molar-refractivity contribution in [2.45, 2.75) is 0 Å². The monoisotopic (exact) mass is 414 g/mol. The van der Waals surface area contributed by atoms with Crippen molar-refractivity contribution >= 4 is 31.6 Å². The minimum Gasteiger partial charge on any atom is -0.226 e. The summed E-state index contributed by atoms with van der Waals surface area (Å²) in [4.78, 5) is 10.0. The molecule has 0 fully saturated rings. The number of rotatable bonds is 3. The summed E-state index contributed by atoms with van der Waals surface area (Å²) in [6, 6.07) is 37.8. The number of nitrogens with zero attached hydrogens (tertiary/aromatic N) is 2. The van der Waals surface area contributed by atoms with Crippen molar-refractivity contribution in [1.82, 2.24) is 9.97 Å². The molecule has 0 spiro atoms. The summed E-state index contributed by atoms with van der Waals surface area (Å²) < 4.78 is 2.37. The summed E-state index contributed by atoms with van der Waals surface area (Å²) in [7, 11) is 0. The maximum absolute atomic E-state index is 5.04. The van der Waals surface area contributed by atoms with E-state index < -0.39 is 0 Å². The second-order valence-electron chi connectivity index (χ2n) is 7.48. The molecule has 3 heteroatoms. The van der Waals surface area contributed by atoms with Crippen LogP contribution in [-0.2, 0) is 0 Å². The van der Waals surface area contributed by atoms with Gasteiger partial charge in [0.05, 0.1) is 15.9 Å². The molecular formula is C28H18N2S. The fraction of sp³-hybridized carbons (Fsp3) is 0. The molecule has 146 valence electrons. The fourth-order valence-electron chi connectivity index (χ4n) is 3.95. The molecule has 2 aromatic heterocycles. The maximum Gasteiger partial charge on any atom is 0.160 e. The van der Waals surface area contributed by atoms with Gasteiger partial charge in [-0.2, -0.15) is 0 Å². The molecule has 0 atom stereocenters. The molecule has 0 amide bonds. The Balaban J connectivity index is 1.58. The summed E-state index contributed by atoms with van der Waals surface area (Å²) in [5.41, 5.74) is 6.57. The quantitative estimate of drug-likeness (QED) is 0.295. The summed E-state index contributed by atoms with van der Waals surface area (Å²) in [6.45, 7) is 0. The molecule has 6 rings (SSSR count). The van der Waals surface area contributed by atoms with E-state index in [1.807, 2.05) is 24.3 Å². The van der Waals surface area contributed by atoms with Crippen molar-refractivity contribution in [2.24, 2.45) is 0 Å². The smallest absolute Gasteiger partial charge is 0.160 e. The molecule has 0 radical (unpaired) electrons. The molecule has 4 aromatic carbocycles. The van der Waals surface area contributed by atoms with Gasteiger partial charge in [-0.3, -0.25) is 0 Å². The standard InChI is InChI=1S/C28H18N2S/c1-3-9-19(10-4-1)20-15-17-21(18-16-20)25-27-26(23-13-7-8-14-24(23)31-27)30-28(29-25)22-11-5-2-6-12-22/h1-18H. The third-order valence-electron chi connectivity index (χ3n) is 5.52. The molecule has 0 aliphatic rings. The van der Waals surface area contributed by atoms with Crippen molar-refractivity contribution in [3.63, 3.8) is 0 Å². The van der Waals surface area contributed by atoms with Crippen LogP contribution in [0.2, 0.25) is 0 Å². The summed E-state index contributed by atoms with van der Waals surface area (Å²) in [6.07, 6.45) is 0. The Morgan fingerprint density at radius 3 is 1.81 bits per heavy atom. The molecule has 2 nitrogen and oxygen atoms in total. The lowest BCUT2D eigenvalue weighted by Crippen LogP contribution is -1.93. The Morgan fingerprint density at radius 2 is 1.06 bits per heavy atom. The number of fused-ring (bicyclic) bond motifs is 3. The van der Waals surface area contributed by atoms with E-state index in [2.05, 4.69) is 84.9 Å². The molecule has 0 bridgehead atoms. The SMILES string of the molecule is c1ccc(-c2ccc(-c3nc(-c4ccccc4)nc4c3sc3ccccc34)cc2)cc1. The van der Waals surface area contributed by atoms with Crippen molar-refractivity contribution in [1.29, 1.82) is 0 Å². The van der Waals surface area contributed by atoms with E-state index in [4.69, 9.17) is 9.97 Å².